The molecule has 0 bridgehead atoms. The molecule has 88 valence electrons. The van der Waals surface area contributed by atoms with Crippen LogP contribution < -0.4 is 4.74 Å². The summed E-state index contributed by atoms with van der Waals surface area (Å²) in [5.74, 6) is 4.24. The highest BCUT2D eigenvalue weighted by Crippen LogP contribution is 2.10. The van der Waals surface area contributed by atoms with Crippen molar-refractivity contribution in [2.45, 2.75) is 0 Å². The fourth-order valence-corrected chi connectivity index (χ4v) is 1.28. The van der Waals surface area contributed by atoms with E-state index in [0.717, 1.165) is 5.56 Å². The Morgan fingerprint density at radius 3 is 2.33 bits per heavy atom. The number of ether oxygens (including phenoxy) is 1. The van der Waals surface area contributed by atoms with Crippen molar-refractivity contribution < 1.29 is 13.9 Å². The van der Waals surface area contributed by atoms with Gasteiger partial charge in [-0.2, -0.15) is 0 Å². The van der Waals surface area contributed by atoms with E-state index in [4.69, 9.17) is 4.74 Å². The van der Waals surface area contributed by atoms with Gasteiger partial charge in [-0.3, -0.25) is 0 Å². The van der Waals surface area contributed by atoms with Crippen molar-refractivity contribution in [3.63, 3.8) is 0 Å². The smallest absolute Gasteiger partial charge is 0.390 e. The van der Waals surface area contributed by atoms with Gasteiger partial charge in [0.25, 0.3) is 0 Å². The second-order valence-corrected chi connectivity index (χ2v) is 3.46. The minimum absolute atomic E-state index is 0.267. The molecule has 0 spiro atoms. The predicted molar refractivity (Wildman–Crippen MR) is 65.4 cm³/mol. The van der Waals surface area contributed by atoms with Crippen LogP contribution in [-0.2, 0) is 4.79 Å². The lowest BCUT2D eigenvalue weighted by atomic mass is 10.2. The van der Waals surface area contributed by atoms with Crippen molar-refractivity contribution in [2.24, 2.45) is 0 Å². The lowest BCUT2D eigenvalue weighted by Crippen LogP contribution is -2.04. The number of carbonyl (C=O) groups is 1. The van der Waals surface area contributed by atoms with Crippen molar-refractivity contribution in [3.05, 3.63) is 66.0 Å². The van der Waals surface area contributed by atoms with Gasteiger partial charge in [-0.1, -0.05) is 24.1 Å². The summed E-state index contributed by atoms with van der Waals surface area (Å²) < 4.78 is 17.5. The summed E-state index contributed by atoms with van der Waals surface area (Å²) in [5, 5.41) is 0. The Hall–Kier alpha value is -2.60. The highest BCUT2D eigenvalue weighted by atomic mass is 19.1. The first-order valence-corrected chi connectivity index (χ1v) is 5.28. The summed E-state index contributed by atoms with van der Waals surface area (Å²) in [5.41, 5.74) is 0.730. The maximum atomic E-state index is 12.6. The zero-order valence-electron chi connectivity index (χ0n) is 9.39. The Labute approximate surface area is 104 Å². The second-order valence-electron chi connectivity index (χ2n) is 3.46. The van der Waals surface area contributed by atoms with E-state index < -0.39 is 5.97 Å². The molecule has 2 aromatic carbocycles. The molecule has 0 atom stereocenters. The van der Waals surface area contributed by atoms with Crippen LogP contribution in [0.25, 0.3) is 0 Å². The molecular formula is C15H9FO2. The van der Waals surface area contributed by atoms with Crippen LogP contribution in [0.3, 0.4) is 0 Å². The van der Waals surface area contributed by atoms with Crippen LogP contribution in [0.5, 0.6) is 5.75 Å². The monoisotopic (exact) mass is 240 g/mol. The number of esters is 1. The molecule has 0 saturated carbocycles. The molecule has 18 heavy (non-hydrogen) atoms. The van der Waals surface area contributed by atoms with Crippen molar-refractivity contribution in [1.29, 1.82) is 0 Å². The van der Waals surface area contributed by atoms with E-state index in [0.29, 0.717) is 0 Å². The number of halogens is 1. The second kappa shape index (κ2) is 5.65. The Morgan fingerprint density at radius 1 is 1.00 bits per heavy atom. The van der Waals surface area contributed by atoms with Crippen LogP contribution in [0.4, 0.5) is 4.39 Å². The van der Waals surface area contributed by atoms with Gasteiger partial charge >= 0.3 is 5.97 Å². The molecule has 2 aromatic rings. The maximum Gasteiger partial charge on any atom is 0.390 e. The Morgan fingerprint density at radius 2 is 1.67 bits per heavy atom. The summed E-state index contributed by atoms with van der Waals surface area (Å²) in [6.45, 7) is 0. The molecule has 0 aliphatic rings. The van der Waals surface area contributed by atoms with E-state index in [1.54, 1.807) is 12.1 Å². The summed E-state index contributed by atoms with van der Waals surface area (Å²) in [6.07, 6.45) is 0. The van der Waals surface area contributed by atoms with E-state index in [9.17, 15) is 9.18 Å². The first-order valence-electron chi connectivity index (χ1n) is 5.28. The number of rotatable bonds is 1. The van der Waals surface area contributed by atoms with Crippen LogP contribution in [0.15, 0.2) is 54.6 Å². The fraction of sp³-hybridized carbons (Fsp3) is 0. The quantitative estimate of drug-likeness (QED) is 0.435. The minimum atomic E-state index is -0.675. The van der Waals surface area contributed by atoms with Gasteiger partial charge in [-0.25, -0.2) is 9.18 Å². The molecule has 0 aromatic heterocycles. The van der Waals surface area contributed by atoms with Crippen LogP contribution in [-0.4, -0.2) is 5.97 Å². The van der Waals surface area contributed by atoms with Gasteiger partial charge in [0.05, 0.1) is 0 Å². The lowest BCUT2D eigenvalue weighted by Gasteiger charge is -1.98. The first kappa shape index (κ1) is 11.9. The van der Waals surface area contributed by atoms with Gasteiger partial charge < -0.3 is 4.74 Å². The SMILES string of the molecule is O=C(C#Cc1ccccc1)Oc1ccc(F)cc1. The average Bonchev–Trinajstić information content (AvgIpc) is 2.40. The summed E-state index contributed by atoms with van der Waals surface area (Å²) in [7, 11) is 0. The molecule has 0 aliphatic heterocycles. The number of benzene rings is 2. The van der Waals surface area contributed by atoms with Crippen molar-refractivity contribution >= 4 is 5.97 Å². The number of hydrogen-bond acceptors (Lipinski definition) is 2. The highest BCUT2D eigenvalue weighted by molar-refractivity contribution is 5.90. The zero-order valence-corrected chi connectivity index (χ0v) is 9.39. The molecule has 0 aliphatic carbocycles. The molecule has 0 heterocycles. The summed E-state index contributed by atoms with van der Waals surface area (Å²) >= 11 is 0. The zero-order chi connectivity index (χ0) is 12.8. The molecule has 3 heteroatoms. The van der Waals surface area contributed by atoms with Gasteiger partial charge in [0.15, 0.2) is 0 Å². The van der Waals surface area contributed by atoms with E-state index in [1.165, 1.54) is 24.3 Å². The molecule has 0 radical (unpaired) electrons. The van der Waals surface area contributed by atoms with E-state index in [1.807, 2.05) is 18.2 Å². The van der Waals surface area contributed by atoms with Gasteiger partial charge in [0.1, 0.15) is 11.6 Å². The van der Waals surface area contributed by atoms with E-state index >= 15 is 0 Å². The van der Waals surface area contributed by atoms with Crippen LogP contribution in [0.2, 0.25) is 0 Å². The third-order valence-corrected chi connectivity index (χ3v) is 2.11. The standard InChI is InChI=1S/C15H9FO2/c16-13-7-9-14(10-8-13)18-15(17)11-6-12-4-2-1-3-5-12/h1-5,7-10H. The van der Waals surface area contributed by atoms with E-state index in [2.05, 4.69) is 11.8 Å². The van der Waals surface area contributed by atoms with Gasteiger partial charge in [0, 0.05) is 11.5 Å². The normalized spacial score (nSPS) is 9.17. The van der Waals surface area contributed by atoms with Crippen molar-refractivity contribution in [3.8, 4) is 17.6 Å². The first-order chi connectivity index (χ1) is 8.74. The fourth-order valence-electron chi connectivity index (χ4n) is 1.28. The molecule has 0 N–H and O–H groups in total. The van der Waals surface area contributed by atoms with E-state index in [-0.39, 0.29) is 11.6 Å². The molecular weight excluding hydrogens is 231 g/mol. The van der Waals surface area contributed by atoms with Crippen molar-refractivity contribution in [1.82, 2.24) is 0 Å². The summed E-state index contributed by atoms with van der Waals surface area (Å²) in [4.78, 5) is 11.4. The number of hydrogen-bond donors (Lipinski definition) is 0. The molecule has 2 nitrogen and oxygen atoms in total. The van der Waals surface area contributed by atoms with Crippen LogP contribution in [0, 0.1) is 17.7 Å². The van der Waals surface area contributed by atoms with Crippen molar-refractivity contribution in [2.75, 3.05) is 0 Å². The Kier molecular flexibility index (Phi) is 3.72. The number of carbonyl (C=O) groups excluding carboxylic acids is 1. The minimum Gasteiger partial charge on any atom is -0.417 e. The largest absolute Gasteiger partial charge is 0.417 e. The highest BCUT2D eigenvalue weighted by Gasteiger charge is 2.00. The molecule has 0 unspecified atom stereocenters. The Bertz CT molecular complexity index is 592. The predicted octanol–water partition coefficient (Wildman–Crippen LogP) is 2.78. The third-order valence-electron chi connectivity index (χ3n) is 2.11. The van der Waals surface area contributed by atoms with Gasteiger partial charge in [-0.15, -0.1) is 0 Å². The molecule has 2 rings (SSSR count). The van der Waals surface area contributed by atoms with Crippen LogP contribution >= 0.6 is 0 Å². The molecule has 0 fully saturated rings. The maximum absolute atomic E-state index is 12.6. The topological polar surface area (TPSA) is 26.3 Å². The summed E-state index contributed by atoms with van der Waals surface area (Å²) in [6, 6.07) is 14.3. The Balaban J connectivity index is 2.01. The lowest BCUT2D eigenvalue weighted by molar-refractivity contribution is -0.128. The average molecular weight is 240 g/mol. The molecule has 0 amide bonds. The van der Waals surface area contributed by atoms with Crippen LogP contribution in [0.1, 0.15) is 5.56 Å². The van der Waals surface area contributed by atoms with Gasteiger partial charge in [-0.05, 0) is 36.4 Å². The third kappa shape index (κ3) is 3.46. The molecule has 0 saturated heterocycles. The van der Waals surface area contributed by atoms with Gasteiger partial charge in [0.2, 0.25) is 0 Å².